The van der Waals surface area contributed by atoms with E-state index in [1.165, 1.54) is 11.8 Å². The highest BCUT2D eigenvalue weighted by atomic mass is 32.2. The molecule has 0 radical (unpaired) electrons. The molecule has 0 spiro atoms. The zero-order valence-electron chi connectivity index (χ0n) is 10.7. The van der Waals surface area contributed by atoms with Crippen molar-refractivity contribution in [1.82, 2.24) is 5.32 Å². The summed E-state index contributed by atoms with van der Waals surface area (Å²) in [5, 5.41) is 12.4. The highest BCUT2D eigenvalue weighted by molar-refractivity contribution is 7.99. The summed E-state index contributed by atoms with van der Waals surface area (Å²) in [5.41, 5.74) is 7.62. The van der Waals surface area contributed by atoms with Gasteiger partial charge in [0, 0.05) is 0 Å². The molecule has 1 aromatic rings. The molecule has 0 amide bonds. The van der Waals surface area contributed by atoms with Gasteiger partial charge in [-0.3, -0.25) is 0 Å². The van der Waals surface area contributed by atoms with Gasteiger partial charge in [-0.2, -0.15) is 5.26 Å². The summed E-state index contributed by atoms with van der Waals surface area (Å²) < 4.78 is 5.12. The van der Waals surface area contributed by atoms with Gasteiger partial charge < -0.3 is 15.8 Å². The first kappa shape index (κ1) is 13.3. The molecule has 19 heavy (non-hydrogen) atoms. The number of nitrogens with two attached hydrogens (primary N) is 1. The minimum absolute atomic E-state index is 0.172. The van der Waals surface area contributed by atoms with Crippen molar-refractivity contribution >= 4 is 23.3 Å². The molecule has 0 fully saturated rings. The van der Waals surface area contributed by atoms with Crippen LogP contribution >= 0.6 is 11.8 Å². The van der Waals surface area contributed by atoms with Gasteiger partial charge in [-0.05, 0) is 36.1 Å². The lowest BCUT2D eigenvalue weighted by Crippen LogP contribution is -2.34. The lowest BCUT2D eigenvalue weighted by molar-refractivity contribution is 0.415. The number of rotatable bonds is 3. The van der Waals surface area contributed by atoms with Crippen molar-refractivity contribution in [3.63, 3.8) is 0 Å². The second-order valence-electron chi connectivity index (χ2n) is 3.84. The van der Waals surface area contributed by atoms with E-state index < -0.39 is 0 Å². The second kappa shape index (κ2) is 5.67. The Morgan fingerprint density at radius 3 is 2.63 bits per heavy atom. The second-order valence-corrected chi connectivity index (χ2v) is 4.75. The molecule has 1 aliphatic heterocycles. The number of methoxy groups -OCH3 is 1. The van der Waals surface area contributed by atoms with E-state index in [-0.39, 0.29) is 11.3 Å². The quantitative estimate of drug-likeness (QED) is 0.873. The first-order valence-corrected chi connectivity index (χ1v) is 6.90. The highest BCUT2D eigenvalue weighted by Crippen LogP contribution is 2.25. The molecule has 6 heteroatoms. The van der Waals surface area contributed by atoms with E-state index in [0.29, 0.717) is 11.3 Å². The Balaban J connectivity index is 2.44. The van der Waals surface area contributed by atoms with E-state index >= 15 is 0 Å². The Kier molecular flexibility index (Phi) is 3.97. The van der Waals surface area contributed by atoms with Crippen molar-refractivity contribution in [3.05, 3.63) is 35.4 Å². The van der Waals surface area contributed by atoms with Crippen molar-refractivity contribution in [2.45, 2.75) is 5.50 Å². The smallest absolute Gasteiger partial charge is 0.168 e. The summed E-state index contributed by atoms with van der Waals surface area (Å²) in [6.07, 6.45) is 1.93. The zero-order valence-corrected chi connectivity index (χ0v) is 11.5. The molecular weight excluding hydrogens is 260 g/mol. The molecule has 98 valence electrons. The fraction of sp³-hybridized carbons (Fsp3) is 0.231. The molecule has 3 N–H and O–H groups in total. The summed E-state index contributed by atoms with van der Waals surface area (Å²) >= 11 is 1.52. The minimum Gasteiger partial charge on any atom is -0.497 e. The maximum absolute atomic E-state index is 9.21. The number of hydrogen-bond donors (Lipinski definition) is 2. The molecule has 5 nitrogen and oxygen atoms in total. The maximum Gasteiger partial charge on any atom is 0.168 e. The molecule has 1 heterocycles. The van der Waals surface area contributed by atoms with Gasteiger partial charge in [0.25, 0.3) is 0 Å². The number of nitrogens with one attached hydrogen (secondary N) is 1. The number of ether oxygens (including phenoxy) is 1. The van der Waals surface area contributed by atoms with Crippen LogP contribution in [-0.4, -0.2) is 24.7 Å². The summed E-state index contributed by atoms with van der Waals surface area (Å²) in [6, 6.07) is 9.55. The number of amidine groups is 1. The lowest BCUT2D eigenvalue weighted by atomic mass is 10.1. The molecule has 0 saturated carbocycles. The van der Waals surface area contributed by atoms with Crippen LogP contribution in [0.3, 0.4) is 0 Å². The summed E-state index contributed by atoms with van der Waals surface area (Å²) in [4.78, 5) is 4.20. The monoisotopic (exact) mass is 274 g/mol. The Hall–Kier alpha value is -2.13. The molecule has 2 rings (SSSR count). The first-order valence-electron chi connectivity index (χ1n) is 5.61. The van der Waals surface area contributed by atoms with Gasteiger partial charge in [0.1, 0.15) is 23.2 Å². The van der Waals surface area contributed by atoms with Crippen LogP contribution < -0.4 is 15.8 Å². The van der Waals surface area contributed by atoms with Gasteiger partial charge in [-0.15, -0.1) is 11.8 Å². The number of nitriles is 1. The average Bonchev–Trinajstić information content (AvgIpc) is 2.46. The number of thioether (sulfide) groups is 1. The van der Waals surface area contributed by atoms with Crippen LogP contribution in [0.1, 0.15) is 5.56 Å². The van der Waals surface area contributed by atoms with Crippen molar-refractivity contribution in [1.29, 1.82) is 5.26 Å². The number of benzene rings is 1. The van der Waals surface area contributed by atoms with Crippen molar-refractivity contribution in [3.8, 4) is 11.8 Å². The Bertz CT molecular complexity index is 571. The van der Waals surface area contributed by atoms with E-state index in [9.17, 15) is 5.26 Å². The molecule has 1 aliphatic rings. The lowest BCUT2D eigenvalue weighted by Gasteiger charge is -2.23. The van der Waals surface area contributed by atoms with Gasteiger partial charge in [0.15, 0.2) is 5.50 Å². The molecular formula is C13H14N4OS. The van der Waals surface area contributed by atoms with Crippen LogP contribution in [0.15, 0.2) is 34.8 Å². The molecule has 1 aromatic carbocycles. The number of hydrogen-bond acceptors (Lipinski definition) is 6. The van der Waals surface area contributed by atoms with Gasteiger partial charge in [-0.25, -0.2) is 4.99 Å². The van der Waals surface area contributed by atoms with Gasteiger partial charge >= 0.3 is 0 Å². The molecule has 0 saturated heterocycles. The molecule has 1 atom stereocenters. The van der Waals surface area contributed by atoms with Crippen LogP contribution in [0.2, 0.25) is 0 Å². The third kappa shape index (κ3) is 2.66. The first-order chi connectivity index (χ1) is 9.19. The Labute approximate surface area is 116 Å². The van der Waals surface area contributed by atoms with Gasteiger partial charge in [0.05, 0.1) is 12.8 Å². The standard InChI is InChI=1S/C13H14N4OS/c1-18-9-5-3-8(4-6-9)11-10(7-14)12(15)17-13(16-11)19-2/h3-6,13,16H,1-2H3,(H2,15,17). The highest BCUT2D eigenvalue weighted by Gasteiger charge is 2.21. The van der Waals surface area contributed by atoms with Crippen LogP contribution in [-0.2, 0) is 0 Å². The average molecular weight is 274 g/mol. The Morgan fingerprint density at radius 2 is 2.11 bits per heavy atom. The van der Waals surface area contributed by atoms with E-state index in [2.05, 4.69) is 16.4 Å². The third-order valence-electron chi connectivity index (χ3n) is 2.74. The molecule has 1 unspecified atom stereocenters. The van der Waals surface area contributed by atoms with E-state index in [1.807, 2.05) is 30.5 Å². The summed E-state index contributed by atoms with van der Waals surface area (Å²) in [5.74, 6) is 1.04. The zero-order chi connectivity index (χ0) is 13.8. The SMILES string of the molecule is COc1ccc(C2=C(C#N)C(N)=NC(SC)N2)cc1. The minimum atomic E-state index is -0.172. The van der Waals surface area contributed by atoms with Crippen LogP contribution in [0.4, 0.5) is 0 Å². The van der Waals surface area contributed by atoms with Gasteiger partial charge in [-0.1, -0.05) is 0 Å². The summed E-state index contributed by atoms with van der Waals surface area (Å²) in [7, 11) is 1.61. The van der Waals surface area contributed by atoms with E-state index in [1.54, 1.807) is 7.11 Å². The fourth-order valence-corrected chi connectivity index (χ4v) is 2.21. The maximum atomic E-state index is 9.21. The van der Waals surface area contributed by atoms with Crippen LogP contribution in [0, 0.1) is 11.3 Å². The van der Waals surface area contributed by atoms with Crippen LogP contribution in [0.25, 0.3) is 5.70 Å². The van der Waals surface area contributed by atoms with E-state index in [4.69, 9.17) is 10.5 Å². The predicted octanol–water partition coefficient (Wildman–Crippen LogP) is 1.54. The summed E-state index contributed by atoms with van der Waals surface area (Å²) in [6.45, 7) is 0. The predicted molar refractivity (Wildman–Crippen MR) is 77.6 cm³/mol. The third-order valence-corrected chi connectivity index (χ3v) is 3.41. The fourth-order valence-electron chi connectivity index (χ4n) is 1.76. The molecule has 0 aromatic heterocycles. The van der Waals surface area contributed by atoms with Crippen molar-refractivity contribution in [2.75, 3.05) is 13.4 Å². The van der Waals surface area contributed by atoms with Gasteiger partial charge in [0.2, 0.25) is 0 Å². The number of aliphatic imine (C=N–C) groups is 1. The van der Waals surface area contributed by atoms with Crippen LogP contribution in [0.5, 0.6) is 5.75 Å². The topological polar surface area (TPSA) is 83.4 Å². The molecule has 0 aliphatic carbocycles. The Morgan fingerprint density at radius 1 is 1.42 bits per heavy atom. The molecule has 0 bridgehead atoms. The van der Waals surface area contributed by atoms with Crippen molar-refractivity contribution < 1.29 is 4.74 Å². The van der Waals surface area contributed by atoms with E-state index in [0.717, 1.165) is 11.3 Å². The normalized spacial score (nSPS) is 18.4. The largest absolute Gasteiger partial charge is 0.497 e. The number of nitrogens with zero attached hydrogens (tertiary/aromatic N) is 2. The van der Waals surface area contributed by atoms with Crippen molar-refractivity contribution in [2.24, 2.45) is 10.7 Å².